The molecular formula is C28H33N3O3. The lowest BCUT2D eigenvalue weighted by Crippen LogP contribution is -2.40. The van der Waals surface area contributed by atoms with Crippen LogP contribution in [0.2, 0.25) is 0 Å². The first-order valence-corrected chi connectivity index (χ1v) is 11.5. The van der Waals surface area contributed by atoms with Crippen LogP contribution < -0.4 is 15.0 Å². The van der Waals surface area contributed by atoms with Crippen LogP contribution in [-0.4, -0.2) is 43.1 Å². The minimum Gasteiger partial charge on any atom is -0.484 e. The maximum absolute atomic E-state index is 13.0. The van der Waals surface area contributed by atoms with E-state index in [2.05, 4.69) is 17.4 Å². The standard InChI is InChI=1S/C28H33N3O3/c1-22(2)29-28(33)30(3)25-14-16-26(17-15-25)34-21-27(32)31(20-24-12-8-5-9-13-24)19-18-23-10-6-4-7-11-23/h4-17,22H,18-21H2,1-3H3,(H,29,33). The molecule has 0 radical (unpaired) electrons. The van der Waals surface area contributed by atoms with Gasteiger partial charge in [-0.3, -0.25) is 9.69 Å². The number of rotatable bonds is 10. The molecule has 0 saturated carbocycles. The van der Waals surface area contributed by atoms with Crippen LogP contribution in [0.4, 0.5) is 10.5 Å². The number of urea groups is 1. The second-order valence-electron chi connectivity index (χ2n) is 8.48. The van der Waals surface area contributed by atoms with E-state index in [4.69, 9.17) is 4.74 Å². The maximum atomic E-state index is 13.0. The van der Waals surface area contributed by atoms with Gasteiger partial charge in [-0.1, -0.05) is 60.7 Å². The molecule has 3 amide bonds. The molecule has 0 atom stereocenters. The van der Waals surface area contributed by atoms with Crippen LogP contribution in [0, 0.1) is 0 Å². The van der Waals surface area contributed by atoms with Crippen LogP contribution >= 0.6 is 0 Å². The van der Waals surface area contributed by atoms with Crippen molar-refractivity contribution in [2.24, 2.45) is 0 Å². The summed E-state index contributed by atoms with van der Waals surface area (Å²) in [6, 6.07) is 27.2. The fourth-order valence-corrected chi connectivity index (χ4v) is 3.47. The highest BCUT2D eigenvalue weighted by atomic mass is 16.5. The molecule has 0 spiro atoms. The Morgan fingerprint density at radius 1 is 0.853 bits per heavy atom. The van der Waals surface area contributed by atoms with Crippen molar-refractivity contribution in [3.63, 3.8) is 0 Å². The molecule has 3 aromatic carbocycles. The summed E-state index contributed by atoms with van der Waals surface area (Å²) < 4.78 is 5.79. The van der Waals surface area contributed by atoms with Gasteiger partial charge in [0.05, 0.1) is 0 Å². The number of nitrogens with one attached hydrogen (secondary N) is 1. The molecule has 0 fully saturated rings. The van der Waals surface area contributed by atoms with Crippen molar-refractivity contribution in [1.82, 2.24) is 10.2 Å². The van der Waals surface area contributed by atoms with Crippen molar-refractivity contribution in [3.05, 3.63) is 96.1 Å². The quantitative estimate of drug-likeness (QED) is 0.470. The number of ether oxygens (including phenoxy) is 1. The molecule has 6 nitrogen and oxygen atoms in total. The summed E-state index contributed by atoms with van der Waals surface area (Å²) in [7, 11) is 1.71. The Bertz CT molecular complexity index is 1040. The summed E-state index contributed by atoms with van der Waals surface area (Å²) in [5.41, 5.74) is 3.01. The molecule has 1 N–H and O–H groups in total. The molecule has 3 rings (SSSR count). The normalized spacial score (nSPS) is 10.6. The minimum atomic E-state index is -0.172. The molecule has 3 aromatic rings. The molecule has 6 heteroatoms. The second-order valence-corrected chi connectivity index (χ2v) is 8.48. The van der Waals surface area contributed by atoms with E-state index in [9.17, 15) is 9.59 Å². The maximum Gasteiger partial charge on any atom is 0.321 e. The van der Waals surface area contributed by atoms with Gasteiger partial charge in [0.2, 0.25) is 0 Å². The van der Waals surface area contributed by atoms with Crippen LogP contribution in [-0.2, 0) is 17.8 Å². The lowest BCUT2D eigenvalue weighted by Gasteiger charge is -2.23. The van der Waals surface area contributed by atoms with E-state index in [-0.39, 0.29) is 24.6 Å². The zero-order valence-electron chi connectivity index (χ0n) is 20.1. The lowest BCUT2D eigenvalue weighted by molar-refractivity contribution is -0.134. The van der Waals surface area contributed by atoms with Gasteiger partial charge in [0.1, 0.15) is 5.75 Å². The molecular weight excluding hydrogens is 426 g/mol. The fourth-order valence-electron chi connectivity index (χ4n) is 3.47. The van der Waals surface area contributed by atoms with E-state index in [0.29, 0.717) is 18.8 Å². The number of hydrogen-bond donors (Lipinski definition) is 1. The van der Waals surface area contributed by atoms with E-state index >= 15 is 0 Å². The summed E-state index contributed by atoms with van der Waals surface area (Å²) in [6.45, 7) is 4.92. The Morgan fingerprint density at radius 3 is 2.03 bits per heavy atom. The highest BCUT2D eigenvalue weighted by molar-refractivity contribution is 5.91. The minimum absolute atomic E-state index is 0.0509. The van der Waals surface area contributed by atoms with Crippen molar-refractivity contribution in [3.8, 4) is 5.75 Å². The summed E-state index contributed by atoms with van der Waals surface area (Å²) in [5, 5.41) is 2.86. The van der Waals surface area contributed by atoms with Crippen LogP contribution in [0.3, 0.4) is 0 Å². The predicted molar refractivity (Wildman–Crippen MR) is 136 cm³/mol. The molecule has 34 heavy (non-hydrogen) atoms. The smallest absolute Gasteiger partial charge is 0.321 e. The Hall–Kier alpha value is -3.80. The Kier molecular flexibility index (Phi) is 9.09. The van der Waals surface area contributed by atoms with Crippen LogP contribution in [0.5, 0.6) is 5.75 Å². The monoisotopic (exact) mass is 459 g/mol. The highest BCUT2D eigenvalue weighted by Gasteiger charge is 2.16. The molecule has 0 aliphatic heterocycles. The number of carbonyl (C=O) groups excluding carboxylic acids is 2. The zero-order valence-corrected chi connectivity index (χ0v) is 20.1. The SMILES string of the molecule is CC(C)NC(=O)N(C)c1ccc(OCC(=O)N(CCc2ccccc2)Cc2ccccc2)cc1. The first kappa shape index (κ1) is 24.8. The summed E-state index contributed by atoms with van der Waals surface area (Å²) in [5.74, 6) is 0.509. The first-order valence-electron chi connectivity index (χ1n) is 11.5. The van der Waals surface area contributed by atoms with Crippen molar-refractivity contribution < 1.29 is 14.3 Å². The van der Waals surface area contributed by atoms with Crippen LogP contribution in [0.25, 0.3) is 0 Å². The molecule has 178 valence electrons. The molecule has 0 bridgehead atoms. The third-order valence-corrected chi connectivity index (χ3v) is 5.39. The summed E-state index contributed by atoms with van der Waals surface area (Å²) in [4.78, 5) is 28.6. The van der Waals surface area contributed by atoms with E-state index in [1.807, 2.05) is 67.3 Å². The molecule has 0 aliphatic rings. The lowest BCUT2D eigenvalue weighted by atomic mass is 10.1. The van der Waals surface area contributed by atoms with Gasteiger partial charge in [0.15, 0.2) is 6.61 Å². The molecule has 0 unspecified atom stereocenters. The van der Waals surface area contributed by atoms with Gasteiger partial charge in [0, 0.05) is 31.9 Å². The van der Waals surface area contributed by atoms with E-state index in [1.54, 1.807) is 36.2 Å². The second kappa shape index (κ2) is 12.4. The average molecular weight is 460 g/mol. The zero-order chi connectivity index (χ0) is 24.3. The summed E-state index contributed by atoms with van der Waals surface area (Å²) in [6.07, 6.45) is 0.777. The predicted octanol–water partition coefficient (Wildman–Crippen LogP) is 4.89. The highest BCUT2D eigenvalue weighted by Crippen LogP contribution is 2.19. The molecule has 0 heterocycles. The third-order valence-electron chi connectivity index (χ3n) is 5.39. The van der Waals surface area contributed by atoms with Gasteiger partial charge < -0.3 is 15.0 Å². The Labute approximate surface area is 202 Å². The molecule has 0 aromatic heterocycles. The number of nitrogens with zero attached hydrogens (tertiary/aromatic N) is 2. The largest absolute Gasteiger partial charge is 0.484 e. The van der Waals surface area contributed by atoms with Gasteiger partial charge >= 0.3 is 6.03 Å². The van der Waals surface area contributed by atoms with Crippen molar-refractivity contribution in [2.75, 3.05) is 25.1 Å². The van der Waals surface area contributed by atoms with Crippen LogP contribution in [0.1, 0.15) is 25.0 Å². The van der Waals surface area contributed by atoms with E-state index in [0.717, 1.165) is 17.7 Å². The van der Waals surface area contributed by atoms with Crippen molar-refractivity contribution >= 4 is 17.6 Å². The number of hydrogen-bond acceptors (Lipinski definition) is 3. The van der Waals surface area contributed by atoms with Crippen molar-refractivity contribution in [2.45, 2.75) is 32.9 Å². The van der Waals surface area contributed by atoms with Crippen molar-refractivity contribution in [1.29, 1.82) is 0 Å². The molecule has 0 saturated heterocycles. The van der Waals surface area contributed by atoms with Gasteiger partial charge in [-0.05, 0) is 55.7 Å². The fraction of sp³-hybridized carbons (Fsp3) is 0.286. The number of anilines is 1. The Balaban J connectivity index is 1.60. The topological polar surface area (TPSA) is 61.9 Å². The van der Waals surface area contributed by atoms with E-state index < -0.39 is 0 Å². The average Bonchev–Trinajstić information content (AvgIpc) is 2.85. The molecule has 0 aliphatic carbocycles. The van der Waals surface area contributed by atoms with Gasteiger partial charge in [-0.25, -0.2) is 4.79 Å². The first-order chi connectivity index (χ1) is 16.4. The van der Waals surface area contributed by atoms with E-state index in [1.165, 1.54) is 5.56 Å². The van der Waals surface area contributed by atoms with Crippen LogP contribution in [0.15, 0.2) is 84.9 Å². The number of benzene rings is 3. The third kappa shape index (κ3) is 7.66. The van der Waals surface area contributed by atoms with Gasteiger partial charge in [0.25, 0.3) is 5.91 Å². The Morgan fingerprint density at radius 2 is 1.44 bits per heavy atom. The van der Waals surface area contributed by atoms with Gasteiger partial charge in [-0.2, -0.15) is 0 Å². The summed E-state index contributed by atoms with van der Waals surface area (Å²) >= 11 is 0. The van der Waals surface area contributed by atoms with Gasteiger partial charge in [-0.15, -0.1) is 0 Å². The number of amides is 3. The number of carbonyl (C=O) groups is 2.